The second-order valence-electron chi connectivity index (χ2n) is 3.78. The molecule has 0 bridgehead atoms. The number of aromatic nitrogens is 2. The molecule has 2 aromatic rings. The molecule has 100 valence electrons. The van der Waals surface area contributed by atoms with E-state index in [0.717, 1.165) is 0 Å². The van der Waals surface area contributed by atoms with Crippen molar-refractivity contribution in [1.29, 1.82) is 0 Å². The van der Waals surface area contributed by atoms with Crippen molar-refractivity contribution in [3.05, 3.63) is 44.4 Å². The van der Waals surface area contributed by atoms with E-state index >= 15 is 0 Å². The van der Waals surface area contributed by atoms with Gasteiger partial charge in [-0.2, -0.15) is 0 Å². The van der Waals surface area contributed by atoms with Gasteiger partial charge in [-0.15, -0.1) is 0 Å². The fourth-order valence-corrected chi connectivity index (χ4v) is 1.81. The van der Waals surface area contributed by atoms with Crippen LogP contribution in [0.2, 0.25) is 0 Å². The lowest BCUT2D eigenvalue weighted by atomic mass is 10.3. The highest BCUT2D eigenvalue weighted by atomic mass is 79.9. The molecule has 19 heavy (non-hydrogen) atoms. The zero-order valence-corrected chi connectivity index (χ0v) is 11.6. The minimum absolute atomic E-state index is 0.111. The maximum atomic E-state index is 13.6. The minimum atomic E-state index is -0.668. The highest BCUT2D eigenvalue weighted by Crippen LogP contribution is 2.33. The Hall–Kier alpha value is -1.96. The lowest BCUT2D eigenvalue weighted by Gasteiger charge is -2.07. The van der Waals surface area contributed by atoms with Crippen molar-refractivity contribution in [2.75, 3.05) is 0 Å². The molecule has 0 N–H and O–H groups in total. The number of halogens is 2. The van der Waals surface area contributed by atoms with Crippen molar-refractivity contribution >= 4 is 21.7 Å². The van der Waals surface area contributed by atoms with E-state index in [1.54, 1.807) is 14.0 Å². The molecule has 0 aliphatic heterocycles. The predicted octanol–water partition coefficient (Wildman–Crippen LogP) is 3.33. The summed E-state index contributed by atoms with van der Waals surface area (Å²) in [6, 6.07) is 4.10. The standard InChI is InChI=1S/C11H9BrFN3O3/c1-6-14-10(16(17)18)11(15(6)2)19-9-5-7(12)3-4-8(9)13/h3-5H,1-2H3. The second-order valence-corrected chi connectivity index (χ2v) is 4.70. The molecule has 0 spiro atoms. The fourth-order valence-electron chi connectivity index (χ4n) is 1.47. The number of rotatable bonds is 3. The van der Waals surface area contributed by atoms with Crippen LogP contribution in [0.5, 0.6) is 11.6 Å². The van der Waals surface area contributed by atoms with Crippen LogP contribution < -0.4 is 4.74 Å². The Morgan fingerprint density at radius 3 is 2.84 bits per heavy atom. The lowest BCUT2D eigenvalue weighted by Crippen LogP contribution is -1.99. The number of hydrogen-bond acceptors (Lipinski definition) is 4. The van der Waals surface area contributed by atoms with Crippen molar-refractivity contribution in [1.82, 2.24) is 9.55 Å². The summed E-state index contributed by atoms with van der Waals surface area (Å²) in [6.07, 6.45) is 0. The SMILES string of the molecule is Cc1nc([N+](=O)[O-])c(Oc2cc(Br)ccc2F)n1C. The van der Waals surface area contributed by atoms with Gasteiger partial charge in [0, 0.05) is 18.4 Å². The molecular formula is C11H9BrFN3O3. The Bertz CT molecular complexity index is 657. The highest BCUT2D eigenvalue weighted by Gasteiger charge is 2.26. The van der Waals surface area contributed by atoms with Crippen molar-refractivity contribution < 1.29 is 14.1 Å². The number of nitro groups is 1. The number of ether oxygens (including phenoxy) is 1. The minimum Gasteiger partial charge on any atom is -0.430 e. The number of imidazole rings is 1. The first kappa shape index (κ1) is 13.5. The summed E-state index contributed by atoms with van der Waals surface area (Å²) in [5.41, 5.74) is 0. The molecular weight excluding hydrogens is 321 g/mol. The van der Waals surface area contributed by atoms with Crippen LogP contribution in [-0.4, -0.2) is 14.5 Å². The van der Waals surface area contributed by atoms with Crippen molar-refractivity contribution in [2.45, 2.75) is 6.92 Å². The molecule has 0 atom stereocenters. The number of benzene rings is 1. The van der Waals surface area contributed by atoms with Crippen LogP contribution in [-0.2, 0) is 7.05 Å². The van der Waals surface area contributed by atoms with Gasteiger partial charge in [-0.1, -0.05) is 15.9 Å². The van der Waals surface area contributed by atoms with Gasteiger partial charge in [0.25, 0.3) is 0 Å². The third kappa shape index (κ3) is 2.58. The zero-order valence-electron chi connectivity index (χ0n) is 10.1. The normalized spacial score (nSPS) is 10.5. The molecule has 0 aliphatic rings. The fraction of sp³-hybridized carbons (Fsp3) is 0.182. The monoisotopic (exact) mass is 329 g/mol. The summed E-state index contributed by atoms with van der Waals surface area (Å²) in [6.45, 7) is 1.59. The van der Waals surface area contributed by atoms with E-state index in [2.05, 4.69) is 20.9 Å². The van der Waals surface area contributed by atoms with Crippen LogP contribution in [0.15, 0.2) is 22.7 Å². The maximum Gasteiger partial charge on any atom is 0.427 e. The molecule has 0 aliphatic carbocycles. The summed E-state index contributed by atoms with van der Waals surface area (Å²) in [7, 11) is 1.56. The van der Waals surface area contributed by atoms with Crippen molar-refractivity contribution in [2.24, 2.45) is 7.05 Å². The van der Waals surface area contributed by atoms with Gasteiger partial charge in [0.1, 0.15) is 0 Å². The molecule has 0 saturated carbocycles. The van der Waals surface area contributed by atoms with E-state index in [9.17, 15) is 14.5 Å². The molecule has 6 nitrogen and oxygen atoms in total. The van der Waals surface area contributed by atoms with Gasteiger partial charge in [0.2, 0.25) is 5.82 Å². The second kappa shape index (κ2) is 4.96. The molecule has 8 heteroatoms. The van der Waals surface area contributed by atoms with Gasteiger partial charge in [-0.3, -0.25) is 4.57 Å². The zero-order chi connectivity index (χ0) is 14.2. The van der Waals surface area contributed by atoms with Gasteiger partial charge >= 0.3 is 11.7 Å². The smallest absolute Gasteiger partial charge is 0.427 e. The summed E-state index contributed by atoms with van der Waals surface area (Å²) >= 11 is 3.18. The Kier molecular flexibility index (Phi) is 3.52. The third-order valence-corrected chi connectivity index (χ3v) is 3.02. The van der Waals surface area contributed by atoms with Gasteiger partial charge < -0.3 is 14.9 Å². The molecule has 2 rings (SSSR count). The average Bonchev–Trinajstić information content (AvgIpc) is 2.62. The quantitative estimate of drug-likeness (QED) is 0.639. The first-order chi connectivity index (χ1) is 8.90. The van der Waals surface area contributed by atoms with Crippen LogP contribution in [0.4, 0.5) is 10.2 Å². The summed E-state index contributed by atoms with van der Waals surface area (Å²) < 4.78 is 20.9. The van der Waals surface area contributed by atoms with Crippen molar-refractivity contribution in [3.8, 4) is 11.6 Å². The maximum absolute atomic E-state index is 13.6. The van der Waals surface area contributed by atoms with E-state index in [0.29, 0.717) is 10.3 Å². The largest absolute Gasteiger partial charge is 0.430 e. The number of aryl methyl sites for hydroxylation is 1. The van der Waals surface area contributed by atoms with E-state index in [1.807, 2.05) is 0 Å². The Labute approximate surface area is 116 Å². The summed E-state index contributed by atoms with van der Waals surface area (Å²) in [5, 5.41) is 10.9. The molecule has 0 amide bonds. The molecule has 0 fully saturated rings. The van der Waals surface area contributed by atoms with Gasteiger partial charge in [0.15, 0.2) is 11.6 Å². The average molecular weight is 330 g/mol. The Balaban J connectivity index is 2.48. The topological polar surface area (TPSA) is 70.2 Å². The first-order valence-electron chi connectivity index (χ1n) is 5.20. The van der Waals surface area contributed by atoms with Gasteiger partial charge in [-0.25, -0.2) is 4.39 Å². The van der Waals surface area contributed by atoms with E-state index in [1.165, 1.54) is 22.8 Å². The molecule has 0 unspecified atom stereocenters. The highest BCUT2D eigenvalue weighted by molar-refractivity contribution is 9.10. The first-order valence-corrected chi connectivity index (χ1v) is 6.00. The molecule has 1 heterocycles. The van der Waals surface area contributed by atoms with Crippen LogP contribution in [0.1, 0.15) is 5.82 Å². The number of nitrogens with zero attached hydrogens (tertiary/aromatic N) is 3. The molecule has 1 aromatic carbocycles. The van der Waals surface area contributed by atoms with Crippen LogP contribution >= 0.6 is 15.9 Å². The molecule has 0 radical (unpaired) electrons. The van der Waals surface area contributed by atoms with Crippen molar-refractivity contribution in [3.63, 3.8) is 0 Å². The number of hydrogen-bond donors (Lipinski definition) is 0. The lowest BCUT2D eigenvalue weighted by molar-refractivity contribution is -0.390. The summed E-state index contributed by atoms with van der Waals surface area (Å²) in [4.78, 5) is 14.0. The molecule has 1 aromatic heterocycles. The molecule has 0 saturated heterocycles. The summed E-state index contributed by atoms with van der Waals surface area (Å²) in [5.74, 6) is -0.882. The van der Waals surface area contributed by atoms with Crippen LogP contribution in [0.25, 0.3) is 0 Å². The Morgan fingerprint density at radius 1 is 1.53 bits per heavy atom. The van der Waals surface area contributed by atoms with Crippen LogP contribution in [0, 0.1) is 22.9 Å². The predicted molar refractivity (Wildman–Crippen MR) is 68.8 cm³/mol. The van der Waals surface area contributed by atoms with Gasteiger partial charge in [0.05, 0.1) is 0 Å². The Morgan fingerprint density at radius 2 is 2.21 bits per heavy atom. The van der Waals surface area contributed by atoms with E-state index < -0.39 is 16.6 Å². The van der Waals surface area contributed by atoms with E-state index in [-0.39, 0.29) is 11.6 Å². The van der Waals surface area contributed by atoms with E-state index in [4.69, 9.17) is 4.74 Å². The van der Waals surface area contributed by atoms with Crippen LogP contribution in [0.3, 0.4) is 0 Å². The van der Waals surface area contributed by atoms with Gasteiger partial charge in [-0.05, 0) is 28.1 Å². The third-order valence-electron chi connectivity index (χ3n) is 2.52.